The van der Waals surface area contributed by atoms with Gasteiger partial charge in [0.1, 0.15) is 11.1 Å². The molecule has 0 fully saturated rings. The Balaban J connectivity index is 5.88. The molecular weight excluding hydrogens is 212 g/mol. The van der Waals surface area contributed by atoms with Crippen LogP contribution in [0.4, 0.5) is 0 Å². The molecule has 0 aromatic heterocycles. The molecule has 6 heteroatoms. The van der Waals surface area contributed by atoms with Crippen LogP contribution in [-0.4, -0.2) is 34.2 Å². The molecule has 0 radical (unpaired) electrons. The summed E-state index contributed by atoms with van der Waals surface area (Å²) in [6, 6.07) is -2.18. The largest absolute Gasteiger partial charge is 0.478 e. The Bertz CT molecular complexity index is 385. The fraction of sp³-hybridized carbons (Fsp3) is 0.400. The minimum Gasteiger partial charge on any atom is -0.478 e. The Morgan fingerprint density at radius 2 is 1.19 bits per heavy atom. The highest BCUT2D eigenvalue weighted by Gasteiger charge is 2.34. The molecule has 0 saturated heterocycles. The van der Waals surface area contributed by atoms with Gasteiger partial charge in [0.2, 0.25) is 0 Å². The topological polar surface area (TPSA) is 83.3 Å². The molecule has 0 amide bonds. The lowest BCUT2D eigenvalue weighted by molar-refractivity contribution is -0.136. The minimum absolute atomic E-state index is 0.522. The first kappa shape index (κ1) is 13.7. The zero-order valence-corrected chi connectivity index (χ0v) is 8.76. The van der Waals surface area contributed by atoms with Crippen molar-refractivity contribution >= 4 is 11.9 Å². The van der Waals surface area contributed by atoms with Crippen LogP contribution in [0.3, 0.4) is 0 Å². The van der Waals surface area contributed by atoms with E-state index >= 15 is 0 Å². The Morgan fingerprint density at radius 1 is 0.938 bits per heavy atom. The number of carboxylic acids is 2. The average molecular weight is 222 g/mol. The van der Waals surface area contributed by atoms with Crippen LogP contribution in [0.2, 0.25) is 0 Å². The fourth-order valence-electron chi connectivity index (χ4n) is 1.17. The van der Waals surface area contributed by atoms with Crippen LogP contribution in [0.1, 0.15) is 13.8 Å². The van der Waals surface area contributed by atoms with Gasteiger partial charge in [-0.15, -0.1) is 0 Å². The summed E-state index contributed by atoms with van der Waals surface area (Å²) < 4.78 is 0. The van der Waals surface area contributed by atoms with Gasteiger partial charge in [-0.1, -0.05) is 0 Å². The van der Waals surface area contributed by atoms with Crippen LogP contribution in [0.25, 0.3) is 9.69 Å². The molecule has 0 aromatic carbocycles. The van der Waals surface area contributed by atoms with Crippen molar-refractivity contribution in [1.29, 1.82) is 0 Å². The van der Waals surface area contributed by atoms with Gasteiger partial charge in [-0.3, -0.25) is 0 Å². The van der Waals surface area contributed by atoms with Gasteiger partial charge in [-0.2, -0.15) is 0 Å². The molecule has 0 aliphatic heterocycles. The maximum atomic E-state index is 10.9. The summed E-state index contributed by atoms with van der Waals surface area (Å²) in [6.45, 7) is 16.0. The van der Waals surface area contributed by atoms with Gasteiger partial charge in [0.15, 0.2) is 0 Å². The second kappa shape index (κ2) is 5.52. The van der Waals surface area contributed by atoms with Gasteiger partial charge in [-0.25, -0.2) is 22.7 Å². The molecule has 0 spiro atoms. The number of nitrogens with zero attached hydrogens (tertiary/aromatic N) is 2. The molecule has 16 heavy (non-hydrogen) atoms. The molecule has 84 valence electrons. The Kier molecular flexibility index (Phi) is 4.71. The second-order valence-corrected chi connectivity index (χ2v) is 3.05. The maximum Gasteiger partial charge on any atom is 0.340 e. The number of hydrogen-bond acceptors (Lipinski definition) is 2. The third-order valence-electron chi connectivity index (χ3n) is 1.97. The molecule has 0 heterocycles. The summed E-state index contributed by atoms with van der Waals surface area (Å²) in [7, 11) is 0. The van der Waals surface area contributed by atoms with Gasteiger partial charge in [0, 0.05) is 13.8 Å². The van der Waals surface area contributed by atoms with E-state index < -0.39 is 35.2 Å². The molecule has 0 saturated carbocycles. The first-order chi connectivity index (χ1) is 7.36. The summed E-state index contributed by atoms with van der Waals surface area (Å²) in [6.07, 6.45) is 0. The minimum atomic E-state index is -1.48. The molecular formula is C10H10N2O4. The maximum absolute atomic E-state index is 10.9. The molecule has 0 rings (SSSR count). The van der Waals surface area contributed by atoms with Gasteiger partial charge in [0.25, 0.3) is 12.1 Å². The summed E-state index contributed by atoms with van der Waals surface area (Å²) in [5.74, 6) is -2.95. The van der Waals surface area contributed by atoms with E-state index in [1.54, 1.807) is 0 Å². The van der Waals surface area contributed by atoms with Crippen molar-refractivity contribution in [3.63, 3.8) is 0 Å². The van der Waals surface area contributed by atoms with E-state index in [-0.39, 0.29) is 0 Å². The summed E-state index contributed by atoms with van der Waals surface area (Å²) in [5.41, 5.74) is -1.04. The van der Waals surface area contributed by atoms with Crippen LogP contribution in [-0.2, 0) is 9.59 Å². The monoisotopic (exact) mass is 222 g/mol. The van der Waals surface area contributed by atoms with Crippen molar-refractivity contribution in [2.45, 2.75) is 25.9 Å². The van der Waals surface area contributed by atoms with E-state index in [0.717, 1.165) is 0 Å². The molecule has 2 N–H and O–H groups in total. The van der Waals surface area contributed by atoms with E-state index in [1.807, 2.05) is 0 Å². The van der Waals surface area contributed by atoms with E-state index in [1.165, 1.54) is 13.8 Å². The summed E-state index contributed by atoms with van der Waals surface area (Å²) in [5, 5.41) is 17.7. The highest BCUT2D eigenvalue weighted by Crippen LogP contribution is 2.18. The van der Waals surface area contributed by atoms with Gasteiger partial charge >= 0.3 is 11.9 Å². The van der Waals surface area contributed by atoms with Crippen molar-refractivity contribution in [2.24, 2.45) is 0 Å². The first-order valence-corrected chi connectivity index (χ1v) is 4.30. The fourth-order valence-corrected chi connectivity index (χ4v) is 1.17. The number of aliphatic carboxylic acids is 2. The van der Waals surface area contributed by atoms with E-state index in [0.29, 0.717) is 0 Å². The van der Waals surface area contributed by atoms with E-state index in [4.69, 9.17) is 23.4 Å². The third kappa shape index (κ3) is 2.82. The number of carboxylic acid groups (broad SMARTS) is 2. The zero-order chi connectivity index (χ0) is 12.9. The predicted octanol–water partition coefficient (Wildman–Crippen LogP) is 1.07. The van der Waals surface area contributed by atoms with Crippen LogP contribution >= 0.6 is 0 Å². The molecule has 0 bridgehead atoms. The van der Waals surface area contributed by atoms with Crippen molar-refractivity contribution in [1.82, 2.24) is 0 Å². The van der Waals surface area contributed by atoms with Gasteiger partial charge < -0.3 is 19.9 Å². The Labute approximate surface area is 92.5 Å². The normalized spacial score (nSPS) is 15.0. The first-order valence-electron chi connectivity index (χ1n) is 4.30. The van der Waals surface area contributed by atoms with Crippen molar-refractivity contribution < 1.29 is 19.8 Å². The Morgan fingerprint density at radius 3 is 1.31 bits per heavy atom. The summed E-state index contributed by atoms with van der Waals surface area (Å²) in [4.78, 5) is 27.7. The number of hydrogen-bond donors (Lipinski definition) is 2. The molecule has 6 nitrogen and oxygen atoms in total. The molecule has 2 unspecified atom stereocenters. The van der Waals surface area contributed by atoms with Crippen LogP contribution in [0.5, 0.6) is 0 Å². The smallest absolute Gasteiger partial charge is 0.340 e. The summed E-state index contributed by atoms with van der Waals surface area (Å²) >= 11 is 0. The van der Waals surface area contributed by atoms with E-state index in [9.17, 15) is 9.59 Å². The van der Waals surface area contributed by atoms with E-state index in [2.05, 4.69) is 9.69 Å². The van der Waals surface area contributed by atoms with Crippen LogP contribution in [0.15, 0.2) is 11.1 Å². The van der Waals surface area contributed by atoms with Crippen molar-refractivity contribution in [2.75, 3.05) is 0 Å². The highest BCUT2D eigenvalue weighted by molar-refractivity contribution is 6.01. The quantitative estimate of drug-likeness (QED) is 0.550. The Hall–Kier alpha value is -2.34. The molecule has 0 aliphatic carbocycles. The third-order valence-corrected chi connectivity index (χ3v) is 1.97. The highest BCUT2D eigenvalue weighted by atomic mass is 16.4. The second-order valence-electron chi connectivity index (χ2n) is 3.05. The van der Waals surface area contributed by atoms with Crippen LogP contribution < -0.4 is 0 Å². The standard InChI is InChI=1S/C10H10N2O4/c1-5(11-3)7(9(13)14)8(10(15)16)6(2)12-4/h5-6H,1-2H3,(H,13,14)(H,15,16)/b8-7+. The SMILES string of the molecule is [C-]#[N+]C(C)/C(C(=O)O)=C(\C(=O)O)C(C)[N+]#[C-]. The van der Waals surface area contributed by atoms with Crippen molar-refractivity contribution in [3.05, 3.63) is 34.0 Å². The van der Waals surface area contributed by atoms with Crippen molar-refractivity contribution in [3.8, 4) is 0 Å². The molecule has 0 aliphatic rings. The number of rotatable bonds is 4. The number of carbonyl (C=O) groups is 2. The van der Waals surface area contributed by atoms with Gasteiger partial charge in [0.05, 0.1) is 0 Å². The lowest BCUT2D eigenvalue weighted by atomic mass is 9.97. The average Bonchev–Trinajstić information content (AvgIpc) is 2.22. The van der Waals surface area contributed by atoms with Crippen LogP contribution in [0, 0.1) is 13.1 Å². The van der Waals surface area contributed by atoms with Gasteiger partial charge in [-0.05, 0) is 0 Å². The lowest BCUT2D eigenvalue weighted by Gasteiger charge is -2.07. The lowest BCUT2D eigenvalue weighted by Crippen LogP contribution is -2.23. The molecule has 0 aromatic rings. The predicted molar refractivity (Wildman–Crippen MR) is 54.4 cm³/mol. The molecule has 2 atom stereocenters. The zero-order valence-electron chi connectivity index (χ0n) is 8.76.